The molecule has 4 rings (SSSR count). The molecule has 3 aromatic rings. The van der Waals surface area contributed by atoms with Gasteiger partial charge in [0.1, 0.15) is 23.1 Å². The Kier molecular flexibility index (Phi) is 6.60. The van der Waals surface area contributed by atoms with Gasteiger partial charge in [0.25, 0.3) is 11.7 Å². The number of ketones is 1. The molecule has 0 spiro atoms. The zero-order valence-electron chi connectivity index (χ0n) is 19.9. The average Bonchev–Trinajstić information content (AvgIpc) is 3.10. The first kappa shape index (κ1) is 24.0. The molecule has 1 amide bonds. The van der Waals surface area contributed by atoms with Crippen LogP contribution in [0.5, 0.6) is 11.5 Å². The van der Waals surface area contributed by atoms with Crippen LogP contribution in [0.2, 0.25) is 0 Å². The number of methoxy groups -OCH3 is 1. The third-order valence-electron chi connectivity index (χ3n) is 5.77. The molecule has 1 aliphatic rings. The number of anilines is 1. The molecule has 180 valence electrons. The molecule has 35 heavy (non-hydrogen) atoms. The van der Waals surface area contributed by atoms with Crippen LogP contribution in [0.15, 0.2) is 72.3 Å². The van der Waals surface area contributed by atoms with E-state index in [9.17, 15) is 19.1 Å². The Labute approximate surface area is 203 Å². The van der Waals surface area contributed by atoms with E-state index in [4.69, 9.17) is 9.47 Å². The van der Waals surface area contributed by atoms with Crippen LogP contribution in [-0.4, -0.2) is 30.0 Å². The minimum atomic E-state index is -0.963. The molecule has 1 N–H and O–H groups in total. The molecule has 1 aliphatic heterocycles. The minimum Gasteiger partial charge on any atom is -0.507 e. The predicted molar refractivity (Wildman–Crippen MR) is 131 cm³/mol. The van der Waals surface area contributed by atoms with Crippen molar-refractivity contribution in [2.45, 2.75) is 32.9 Å². The Morgan fingerprint density at radius 1 is 1.03 bits per heavy atom. The fourth-order valence-corrected chi connectivity index (χ4v) is 4.16. The van der Waals surface area contributed by atoms with Gasteiger partial charge in [-0.05, 0) is 74.4 Å². The number of hydrogen-bond donors (Lipinski definition) is 1. The molecule has 6 nitrogen and oxygen atoms in total. The summed E-state index contributed by atoms with van der Waals surface area (Å²) in [5.41, 5.74) is 1.95. The number of nitrogens with zero attached hydrogens (tertiary/aromatic N) is 1. The van der Waals surface area contributed by atoms with Crippen LogP contribution in [0.1, 0.15) is 36.6 Å². The van der Waals surface area contributed by atoms with Gasteiger partial charge in [-0.2, -0.15) is 0 Å². The Hall–Kier alpha value is -4.13. The van der Waals surface area contributed by atoms with Crippen molar-refractivity contribution in [3.05, 3.63) is 94.8 Å². The van der Waals surface area contributed by atoms with Gasteiger partial charge in [-0.3, -0.25) is 14.5 Å². The summed E-state index contributed by atoms with van der Waals surface area (Å²) in [5.74, 6) is -1.25. The topological polar surface area (TPSA) is 76.1 Å². The highest BCUT2D eigenvalue weighted by Gasteiger charge is 2.47. The van der Waals surface area contributed by atoms with Crippen LogP contribution >= 0.6 is 0 Å². The minimum absolute atomic E-state index is 0.0280. The summed E-state index contributed by atoms with van der Waals surface area (Å²) in [7, 11) is 1.50. The van der Waals surface area contributed by atoms with E-state index in [0.717, 1.165) is 5.56 Å². The van der Waals surface area contributed by atoms with Crippen molar-refractivity contribution in [2.75, 3.05) is 12.0 Å². The maximum Gasteiger partial charge on any atom is 0.300 e. The summed E-state index contributed by atoms with van der Waals surface area (Å²) in [6.07, 6.45) is -0.0280. The molecule has 0 saturated carbocycles. The number of aliphatic hydroxyl groups excluding tert-OH is 1. The smallest absolute Gasteiger partial charge is 0.300 e. The number of aryl methyl sites for hydroxylation is 1. The highest BCUT2D eigenvalue weighted by atomic mass is 19.1. The van der Waals surface area contributed by atoms with E-state index < -0.39 is 23.5 Å². The number of aliphatic hydroxyl groups is 1. The number of benzene rings is 3. The summed E-state index contributed by atoms with van der Waals surface area (Å²) in [5, 5.41) is 11.3. The van der Waals surface area contributed by atoms with Gasteiger partial charge in [-0.25, -0.2) is 4.39 Å². The molecule has 3 aromatic carbocycles. The zero-order chi connectivity index (χ0) is 25.3. The highest BCUT2D eigenvalue weighted by Crippen LogP contribution is 2.43. The lowest BCUT2D eigenvalue weighted by molar-refractivity contribution is -0.132. The summed E-state index contributed by atoms with van der Waals surface area (Å²) in [6, 6.07) is 16.3. The third kappa shape index (κ3) is 4.62. The number of amides is 1. The molecule has 0 bridgehead atoms. The summed E-state index contributed by atoms with van der Waals surface area (Å²) < 4.78 is 24.8. The second kappa shape index (κ2) is 9.62. The molecule has 1 saturated heterocycles. The second-order valence-electron chi connectivity index (χ2n) is 8.57. The number of ether oxygens (including phenoxy) is 2. The maximum absolute atomic E-state index is 13.7. The molecule has 1 heterocycles. The molecule has 1 unspecified atom stereocenters. The number of halogens is 1. The summed E-state index contributed by atoms with van der Waals surface area (Å²) in [6.45, 7) is 5.66. The number of hydrogen-bond acceptors (Lipinski definition) is 5. The fourth-order valence-electron chi connectivity index (χ4n) is 4.16. The van der Waals surface area contributed by atoms with Gasteiger partial charge < -0.3 is 14.6 Å². The van der Waals surface area contributed by atoms with Crippen LogP contribution in [0.4, 0.5) is 10.1 Å². The molecule has 1 fully saturated rings. The van der Waals surface area contributed by atoms with E-state index in [0.29, 0.717) is 28.3 Å². The lowest BCUT2D eigenvalue weighted by atomic mass is 9.94. The number of carbonyl (C=O) groups is 2. The van der Waals surface area contributed by atoms with Gasteiger partial charge in [0.15, 0.2) is 0 Å². The van der Waals surface area contributed by atoms with Crippen LogP contribution < -0.4 is 14.4 Å². The van der Waals surface area contributed by atoms with Crippen LogP contribution in [0.3, 0.4) is 0 Å². The summed E-state index contributed by atoms with van der Waals surface area (Å²) in [4.78, 5) is 27.8. The third-order valence-corrected chi connectivity index (χ3v) is 5.77. The van der Waals surface area contributed by atoms with Crippen molar-refractivity contribution in [2.24, 2.45) is 0 Å². The van der Waals surface area contributed by atoms with Crippen LogP contribution in [0.25, 0.3) is 5.76 Å². The van der Waals surface area contributed by atoms with Crippen LogP contribution in [0, 0.1) is 12.7 Å². The van der Waals surface area contributed by atoms with Crippen molar-refractivity contribution >= 4 is 23.1 Å². The van der Waals surface area contributed by atoms with Gasteiger partial charge in [0.05, 0.1) is 24.8 Å². The lowest BCUT2D eigenvalue weighted by Crippen LogP contribution is -2.29. The first-order valence-corrected chi connectivity index (χ1v) is 11.2. The molecule has 0 aliphatic carbocycles. The van der Waals surface area contributed by atoms with Crippen LogP contribution in [-0.2, 0) is 9.59 Å². The number of rotatable bonds is 6. The van der Waals surface area contributed by atoms with Gasteiger partial charge in [0, 0.05) is 17.3 Å². The first-order valence-electron chi connectivity index (χ1n) is 11.2. The van der Waals surface area contributed by atoms with Crippen molar-refractivity contribution in [1.29, 1.82) is 0 Å². The van der Waals surface area contributed by atoms with Gasteiger partial charge in [-0.15, -0.1) is 0 Å². The molecular weight excluding hydrogens is 449 g/mol. The van der Waals surface area contributed by atoms with E-state index >= 15 is 0 Å². The van der Waals surface area contributed by atoms with Gasteiger partial charge >= 0.3 is 0 Å². The van der Waals surface area contributed by atoms with Crippen molar-refractivity contribution in [3.8, 4) is 11.5 Å². The Morgan fingerprint density at radius 2 is 1.74 bits per heavy atom. The number of Topliss-reactive ketones (excluding diaryl/α,β-unsaturated/α-hetero) is 1. The fraction of sp³-hybridized carbons (Fsp3) is 0.214. The van der Waals surface area contributed by atoms with Crippen molar-refractivity contribution in [1.82, 2.24) is 0 Å². The van der Waals surface area contributed by atoms with Crippen molar-refractivity contribution in [3.63, 3.8) is 0 Å². The standard InChI is InChI=1S/C28H26FNO5/c1-16(2)35-23-13-10-19(14-17(23)3)26(31)24-25(18-8-11-20(29)12-9-18)30(28(33)27(24)32)21-6-5-7-22(15-21)34-4/h5-16,25,31H,1-4H3/b26-24-. The van der Waals surface area contributed by atoms with E-state index in [-0.39, 0.29) is 17.4 Å². The molecule has 0 aromatic heterocycles. The molecule has 0 radical (unpaired) electrons. The van der Waals surface area contributed by atoms with E-state index in [1.807, 2.05) is 20.8 Å². The largest absolute Gasteiger partial charge is 0.507 e. The molecular formula is C28H26FNO5. The maximum atomic E-state index is 13.7. The van der Waals surface area contributed by atoms with Gasteiger partial charge in [0.2, 0.25) is 0 Å². The zero-order valence-corrected chi connectivity index (χ0v) is 19.9. The quantitative estimate of drug-likeness (QED) is 0.287. The van der Waals surface area contributed by atoms with Gasteiger partial charge in [-0.1, -0.05) is 18.2 Å². The first-order chi connectivity index (χ1) is 16.7. The molecule has 7 heteroatoms. The Morgan fingerprint density at radius 3 is 2.37 bits per heavy atom. The predicted octanol–water partition coefficient (Wildman–Crippen LogP) is 5.56. The van der Waals surface area contributed by atoms with E-state index in [2.05, 4.69) is 0 Å². The highest BCUT2D eigenvalue weighted by molar-refractivity contribution is 6.51. The summed E-state index contributed by atoms with van der Waals surface area (Å²) >= 11 is 0. The van der Waals surface area contributed by atoms with E-state index in [1.165, 1.54) is 36.3 Å². The Bertz CT molecular complexity index is 1310. The average molecular weight is 476 g/mol. The monoisotopic (exact) mass is 475 g/mol. The SMILES string of the molecule is COc1cccc(N2C(=O)C(=O)/C(=C(\O)c3ccc(OC(C)C)c(C)c3)C2c2ccc(F)cc2)c1. The van der Waals surface area contributed by atoms with E-state index in [1.54, 1.807) is 42.5 Å². The molecule has 1 atom stereocenters. The Balaban J connectivity index is 1.89. The normalized spacial score (nSPS) is 17.2. The second-order valence-corrected chi connectivity index (χ2v) is 8.57. The van der Waals surface area contributed by atoms with Crippen molar-refractivity contribution < 1.29 is 28.6 Å². The lowest BCUT2D eigenvalue weighted by Gasteiger charge is -2.25. The number of carbonyl (C=O) groups excluding carboxylic acids is 2.